The van der Waals surface area contributed by atoms with E-state index in [4.69, 9.17) is 0 Å². The van der Waals surface area contributed by atoms with Gasteiger partial charge in [-0.15, -0.1) is 0 Å². The van der Waals surface area contributed by atoms with Gasteiger partial charge in [-0.3, -0.25) is 0 Å². The van der Waals surface area contributed by atoms with E-state index in [1.54, 1.807) is 18.5 Å². The topological polar surface area (TPSA) is 30.7 Å². The van der Waals surface area contributed by atoms with Gasteiger partial charge in [0.25, 0.3) is 5.92 Å². The lowest BCUT2D eigenvalue weighted by molar-refractivity contribution is 0.101. The third kappa shape index (κ3) is 1.35. The van der Waals surface area contributed by atoms with Gasteiger partial charge in [0.05, 0.1) is 0 Å². The van der Waals surface area contributed by atoms with Crippen LogP contribution in [0.4, 0.5) is 8.78 Å². The Labute approximate surface area is 92.3 Å². The van der Waals surface area contributed by atoms with Crippen molar-refractivity contribution < 1.29 is 8.78 Å². The average Bonchev–Trinajstić information content (AvgIpc) is 2.64. The van der Waals surface area contributed by atoms with Gasteiger partial charge in [-0.05, 0) is 22.0 Å². The van der Waals surface area contributed by atoms with E-state index in [9.17, 15) is 8.78 Å². The predicted molar refractivity (Wildman–Crippen MR) is 53.8 cm³/mol. The van der Waals surface area contributed by atoms with Crippen molar-refractivity contribution in [3.63, 3.8) is 0 Å². The maximum absolute atomic E-state index is 12.9. The van der Waals surface area contributed by atoms with Crippen molar-refractivity contribution in [2.45, 2.75) is 18.4 Å². The van der Waals surface area contributed by atoms with Crippen molar-refractivity contribution in [2.75, 3.05) is 0 Å². The minimum Gasteiger partial charge on any atom is -0.323 e. The SMILES string of the molecule is FC1(F)CC1n1ccc2cnc(Br)nc21. The maximum atomic E-state index is 12.9. The molecule has 0 aromatic carbocycles. The van der Waals surface area contributed by atoms with Crippen LogP contribution in [0.1, 0.15) is 12.5 Å². The van der Waals surface area contributed by atoms with E-state index >= 15 is 0 Å². The summed E-state index contributed by atoms with van der Waals surface area (Å²) in [6.07, 6.45) is 3.15. The van der Waals surface area contributed by atoms with E-state index < -0.39 is 12.0 Å². The van der Waals surface area contributed by atoms with Crippen LogP contribution in [0.3, 0.4) is 0 Å². The van der Waals surface area contributed by atoms with Crippen LogP contribution < -0.4 is 0 Å². The van der Waals surface area contributed by atoms with Crippen LogP contribution in [0.15, 0.2) is 23.2 Å². The Hall–Kier alpha value is -1.04. The molecule has 1 saturated carbocycles. The lowest BCUT2D eigenvalue weighted by atomic mass is 10.4. The first-order chi connectivity index (χ1) is 7.08. The van der Waals surface area contributed by atoms with E-state index in [1.165, 1.54) is 4.57 Å². The number of fused-ring (bicyclic) bond motifs is 1. The van der Waals surface area contributed by atoms with Crippen molar-refractivity contribution >= 4 is 27.0 Å². The number of rotatable bonds is 1. The zero-order valence-corrected chi connectivity index (χ0v) is 9.08. The molecule has 0 bridgehead atoms. The molecule has 0 N–H and O–H groups in total. The van der Waals surface area contributed by atoms with Crippen LogP contribution in [0, 0.1) is 0 Å². The zero-order valence-electron chi connectivity index (χ0n) is 7.49. The first-order valence-corrected chi connectivity index (χ1v) is 5.24. The van der Waals surface area contributed by atoms with Crippen molar-refractivity contribution in [2.24, 2.45) is 0 Å². The Morgan fingerprint density at radius 1 is 1.53 bits per heavy atom. The average molecular weight is 274 g/mol. The molecule has 15 heavy (non-hydrogen) atoms. The second kappa shape index (κ2) is 2.75. The molecule has 78 valence electrons. The minimum atomic E-state index is -2.58. The van der Waals surface area contributed by atoms with Gasteiger partial charge < -0.3 is 4.57 Å². The van der Waals surface area contributed by atoms with Crippen LogP contribution in [-0.4, -0.2) is 20.5 Å². The molecule has 0 saturated heterocycles. The normalized spacial score (nSPS) is 23.3. The fourth-order valence-corrected chi connectivity index (χ4v) is 1.94. The second-order valence-electron chi connectivity index (χ2n) is 3.62. The van der Waals surface area contributed by atoms with Gasteiger partial charge in [-0.25, -0.2) is 18.7 Å². The summed E-state index contributed by atoms with van der Waals surface area (Å²) in [5.41, 5.74) is 0.555. The monoisotopic (exact) mass is 273 g/mol. The molecule has 3 nitrogen and oxygen atoms in total. The molecule has 0 radical (unpaired) electrons. The molecule has 2 aromatic heterocycles. The summed E-state index contributed by atoms with van der Waals surface area (Å²) >= 11 is 3.13. The summed E-state index contributed by atoms with van der Waals surface area (Å²) < 4.78 is 27.8. The third-order valence-electron chi connectivity index (χ3n) is 2.55. The van der Waals surface area contributed by atoms with Crippen LogP contribution in [-0.2, 0) is 0 Å². The Bertz CT molecular complexity index is 537. The number of hydrogen-bond donors (Lipinski definition) is 0. The summed E-state index contributed by atoms with van der Waals surface area (Å²) in [6.45, 7) is 0. The summed E-state index contributed by atoms with van der Waals surface area (Å²) in [5.74, 6) is -2.58. The fraction of sp³-hybridized carbons (Fsp3) is 0.333. The van der Waals surface area contributed by atoms with E-state index in [0.717, 1.165) is 5.39 Å². The van der Waals surface area contributed by atoms with Crippen LogP contribution in [0.5, 0.6) is 0 Å². The zero-order chi connectivity index (χ0) is 10.6. The van der Waals surface area contributed by atoms with Crippen LogP contribution in [0.2, 0.25) is 0 Å². The van der Waals surface area contributed by atoms with E-state index in [1.807, 2.05) is 0 Å². The highest BCUT2D eigenvalue weighted by atomic mass is 79.9. The molecule has 0 amide bonds. The van der Waals surface area contributed by atoms with Crippen molar-refractivity contribution in [3.8, 4) is 0 Å². The number of halogens is 3. The highest BCUT2D eigenvalue weighted by Crippen LogP contribution is 2.53. The molecule has 1 aliphatic carbocycles. The molecule has 6 heteroatoms. The molecular weight excluding hydrogens is 268 g/mol. The lowest BCUT2D eigenvalue weighted by Gasteiger charge is -2.02. The lowest BCUT2D eigenvalue weighted by Crippen LogP contribution is -2.02. The van der Waals surface area contributed by atoms with Gasteiger partial charge in [0.1, 0.15) is 11.7 Å². The van der Waals surface area contributed by atoms with Gasteiger partial charge in [-0.1, -0.05) is 0 Å². The maximum Gasteiger partial charge on any atom is 0.270 e. The highest BCUT2D eigenvalue weighted by molar-refractivity contribution is 9.10. The molecule has 3 rings (SSSR count). The summed E-state index contributed by atoms with van der Waals surface area (Å²) in [5, 5.41) is 0.779. The predicted octanol–water partition coefficient (Wildman–Crippen LogP) is 2.77. The standard InChI is InChI=1S/C9H6BrF2N3/c10-8-13-4-5-1-2-15(7(5)14-8)6-3-9(6,11)12/h1-2,4,6H,3H2. The Morgan fingerprint density at radius 2 is 2.27 bits per heavy atom. The first-order valence-electron chi connectivity index (χ1n) is 4.45. The minimum absolute atomic E-state index is 0.0988. The van der Waals surface area contributed by atoms with E-state index in [-0.39, 0.29) is 6.42 Å². The fourth-order valence-electron chi connectivity index (χ4n) is 1.67. The summed E-state index contributed by atoms with van der Waals surface area (Å²) in [4.78, 5) is 8.04. The molecular formula is C9H6BrF2N3. The van der Waals surface area contributed by atoms with Gasteiger partial charge >= 0.3 is 0 Å². The number of nitrogens with zero attached hydrogens (tertiary/aromatic N) is 3. The molecule has 1 fully saturated rings. The molecule has 0 spiro atoms. The van der Waals surface area contributed by atoms with E-state index in [2.05, 4.69) is 25.9 Å². The number of alkyl halides is 2. The summed E-state index contributed by atoms with van der Waals surface area (Å²) in [7, 11) is 0. The Balaban J connectivity index is 2.16. The quantitative estimate of drug-likeness (QED) is 0.748. The van der Waals surface area contributed by atoms with Crippen LogP contribution >= 0.6 is 15.9 Å². The molecule has 2 heterocycles. The molecule has 1 unspecified atom stereocenters. The molecule has 2 aromatic rings. The Kier molecular flexibility index (Phi) is 1.69. The number of hydrogen-bond acceptors (Lipinski definition) is 2. The van der Waals surface area contributed by atoms with Crippen molar-refractivity contribution in [1.29, 1.82) is 0 Å². The van der Waals surface area contributed by atoms with Crippen molar-refractivity contribution in [1.82, 2.24) is 14.5 Å². The first kappa shape index (κ1) is 9.21. The Morgan fingerprint density at radius 3 is 2.93 bits per heavy atom. The van der Waals surface area contributed by atoms with Gasteiger partial charge in [0.15, 0.2) is 4.73 Å². The molecule has 1 aliphatic rings. The smallest absolute Gasteiger partial charge is 0.270 e. The third-order valence-corrected chi connectivity index (χ3v) is 2.94. The summed E-state index contributed by atoms with van der Waals surface area (Å²) in [6, 6.07) is 1.01. The second-order valence-corrected chi connectivity index (χ2v) is 4.33. The van der Waals surface area contributed by atoms with Gasteiger partial charge in [-0.2, -0.15) is 0 Å². The molecule has 0 aliphatic heterocycles. The van der Waals surface area contributed by atoms with Crippen molar-refractivity contribution in [3.05, 3.63) is 23.2 Å². The van der Waals surface area contributed by atoms with Crippen LogP contribution in [0.25, 0.3) is 11.0 Å². The highest BCUT2D eigenvalue weighted by Gasteiger charge is 2.58. The number of aromatic nitrogens is 3. The van der Waals surface area contributed by atoms with Gasteiger partial charge in [0, 0.05) is 24.2 Å². The van der Waals surface area contributed by atoms with E-state index in [0.29, 0.717) is 10.4 Å². The molecule has 1 atom stereocenters. The van der Waals surface area contributed by atoms with Gasteiger partial charge in [0.2, 0.25) is 0 Å². The largest absolute Gasteiger partial charge is 0.323 e.